The van der Waals surface area contributed by atoms with Crippen LogP contribution in [0.4, 0.5) is 5.69 Å². The molecule has 0 aliphatic carbocycles. The Morgan fingerprint density at radius 3 is 2.72 bits per heavy atom. The summed E-state index contributed by atoms with van der Waals surface area (Å²) in [5.74, 6) is 1.03. The third-order valence-corrected chi connectivity index (χ3v) is 4.39. The lowest BCUT2D eigenvalue weighted by atomic mass is 10.0. The minimum absolute atomic E-state index is 0.139. The van der Waals surface area contributed by atoms with Gasteiger partial charge in [0.2, 0.25) is 0 Å². The van der Waals surface area contributed by atoms with Crippen molar-refractivity contribution in [3.63, 3.8) is 0 Å². The Bertz CT molecular complexity index is 703. The van der Waals surface area contributed by atoms with Crippen LogP contribution in [-0.2, 0) is 4.74 Å². The maximum atomic E-state index is 12.5. The van der Waals surface area contributed by atoms with Crippen molar-refractivity contribution in [2.75, 3.05) is 18.5 Å². The molecule has 132 valence electrons. The zero-order valence-corrected chi connectivity index (χ0v) is 14.8. The standard InChI is InChI=1S/C21H25NO3/c1-15(2)16-8-10-18(11-9-16)22-21(23)17-5-3-6-19(13-17)25-14-20-7-4-12-24-20/h3,5-6,8-11,13,15,20H,4,7,12,14H2,1-2H3,(H,22,23). The van der Waals surface area contributed by atoms with Crippen LogP contribution in [0.15, 0.2) is 48.5 Å². The van der Waals surface area contributed by atoms with Crippen molar-refractivity contribution < 1.29 is 14.3 Å². The average Bonchev–Trinajstić information content (AvgIpc) is 3.14. The number of nitrogens with one attached hydrogen (secondary N) is 1. The number of carbonyl (C=O) groups excluding carboxylic acids is 1. The van der Waals surface area contributed by atoms with E-state index in [9.17, 15) is 4.79 Å². The summed E-state index contributed by atoms with van der Waals surface area (Å²) in [7, 11) is 0. The lowest BCUT2D eigenvalue weighted by molar-refractivity contribution is 0.0679. The van der Waals surface area contributed by atoms with Crippen LogP contribution in [0, 0.1) is 0 Å². The van der Waals surface area contributed by atoms with Crippen molar-refractivity contribution in [2.24, 2.45) is 0 Å². The number of hydrogen-bond donors (Lipinski definition) is 1. The SMILES string of the molecule is CC(C)c1ccc(NC(=O)c2cccc(OCC3CCCO3)c2)cc1. The first-order chi connectivity index (χ1) is 12.1. The summed E-state index contributed by atoms with van der Waals surface area (Å²) in [5, 5.41) is 2.93. The van der Waals surface area contributed by atoms with E-state index in [1.807, 2.05) is 36.4 Å². The minimum atomic E-state index is -0.139. The van der Waals surface area contributed by atoms with Gasteiger partial charge in [-0.3, -0.25) is 4.79 Å². The van der Waals surface area contributed by atoms with Crippen LogP contribution in [-0.4, -0.2) is 25.2 Å². The fraction of sp³-hybridized carbons (Fsp3) is 0.381. The van der Waals surface area contributed by atoms with Crippen molar-refractivity contribution in [1.29, 1.82) is 0 Å². The Morgan fingerprint density at radius 1 is 1.24 bits per heavy atom. The largest absolute Gasteiger partial charge is 0.491 e. The monoisotopic (exact) mass is 339 g/mol. The third kappa shape index (κ3) is 4.83. The first-order valence-corrected chi connectivity index (χ1v) is 8.87. The van der Waals surface area contributed by atoms with Crippen LogP contribution < -0.4 is 10.1 Å². The second-order valence-corrected chi connectivity index (χ2v) is 6.70. The fourth-order valence-corrected chi connectivity index (χ4v) is 2.85. The summed E-state index contributed by atoms with van der Waals surface area (Å²) in [6, 6.07) is 15.2. The van der Waals surface area contributed by atoms with E-state index < -0.39 is 0 Å². The summed E-state index contributed by atoms with van der Waals surface area (Å²) in [6.07, 6.45) is 2.29. The zero-order chi connectivity index (χ0) is 17.6. The molecule has 0 spiro atoms. The lowest BCUT2D eigenvalue weighted by Gasteiger charge is -2.12. The van der Waals surface area contributed by atoms with Gasteiger partial charge in [0.1, 0.15) is 12.4 Å². The van der Waals surface area contributed by atoms with Gasteiger partial charge in [-0.05, 0) is 54.7 Å². The van der Waals surface area contributed by atoms with E-state index in [1.54, 1.807) is 12.1 Å². The van der Waals surface area contributed by atoms with E-state index in [1.165, 1.54) is 5.56 Å². The average molecular weight is 339 g/mol. The number of anilines is 1. The molecule has 4 nitrogen and oxygen atoms in total. The Balaban J connectivity index is 1.60. The van der Waals surface area contributed by atoms with Crippen molar-refractivity contribution in [3.05, 3.63) is 59.7 Å². The first-order valence-electron chi connectivity index (χ1n) is 8.87. The van der Waals surface area contributed by atoms with E-state index in [0.29, 0.717) is 23.8 Å². The number of ether oxygens (including phenoxy) is 2. The second-order valence-electron chi connectivity index (χ2n) is 6.70. The van der Waals surface area contributed by atoms with Crippen molar-refractivity contribution in [3.8, 4) is 5.75 Å². The van der Waals surface area contributed by atoms with Gasteiger partial charge in [0.05, 0.1) is 6.10 Å². The normalized spacial score (nSPS) is 16.8. The van der Waals surface area contributed by atoms with Gasteiger partial charge < -0.3 is 14.8 Å². The van der Waals surface area contributed by atoms with Gasteiger partial charge in [0, 0.05) is 17.9 Å². The smallest absolute Gasteiger partial charge is 0.255 e. The number of amides is 1. The Labute approximate surface area is 149 Å². The topological polar surface area (TPSA) is 47.6 Å². The van der Waals surface area contributed by atoms with Crippen LogP contribution in [0.3, 0.4) is 0 Å². The molecule has 1 saturated heterocycles. The van der Waals surface area contributed by atoms with Crippen LogP contribution in [0.5, 0.6) is 5.75 Å². The Morgan fingerprint density at radius 2 is 2.04 bits per heavy atom. The molecule has 0 bridgehead atoms. The summed E-state index contributed by atoms with van der Waals surface area (Å²) < 4.78 is 11.3. The number of rotatable bonds is 6. The molecule has 25 heavy (non-hydrogen) atoms. The molecule has 2 aromatic carbocycles. The predicted molar refractivity (Wildman–Crippen MR) is 99.4 cm³/mol. The molecular weight excluding hydrogens is 314 g/mol. The lowest BCUT2D eigenvalue weighted by Crippen LogP contribution is -2.17. The number of carbonyl (C=O) groups is 1. The molecule has 1 fully saturated rings. The minimum Gasteiger partial charge on any atom is -0.491 e. The molecule has 0 radical (unpaired) electrons. The molecule has 2 aromatic rings. The van der Waals surface area contributed by atoms with E-state index in [4.69, 9.17) is 9.47 Å². The van der Waals surface area contributed by atoms with Gasteiger partial charge in [-0.25, -0.2) is 0 Å². The molecule has 0 aromatic heterocycles. The maximum Gasteiger partial charge on any atom is 0.255 e. The summed E-state index contributed by atoms with van der Waals surface area (Å²) in [4.78, 5) is 12.5. The molecule has 0 saturated carbocycles. The van der Waals surface area contributed by atoms with Crippen molar-refractivity contribution in [1.82, 2.24) is 0 Å². The summed E-state index contributed by atoms with van der Waals surface area (Å²) >= 11 is 0. The van der Waals surface area contributed by atoms with Crippen LogP contribution in [0.1, 0.15) is 48.5 Å². The molecule has 1 aliphatic heterocycles. The van der Waals surface area contributed by atoms with E-state index >= 15 is 0 Å². The predicted octanol–water partition coefficient (Wildman–Crippen LogP) is 4.62. The van der Waals surface area contributed by atoms with Crippen LogP contribution in [0.2, 0.25) is 0 Å². The molecule has 1 heterocycles. The summed E-state index contributed by atoms with van der Waals surface area (Å²) in [5.41, 5.74) is 2.63. The first kappa shape index (κ1) is 17.5. The molecule has 4 heteroatoms. The van der Waals surface area contributed by atoms with E-state index in [2.05, 4.69) is 19.2 Å². The second kappa shape index (κ2) is 8.17. The maximum absolute atomic E-state index is 12.5. The van der Waals surface area contributed by atoms with Gasteiger partial charge >= 0.3 is 0 Å². The summed E-state index contributed by atoms with van der Waals surface area (Å²) in [6.45, 7) is 5.64. The molecule has 1 N–H and O–H groups in total. The van der Waals surface area contributed by atoms with Gasteiger partial charge in [-0.15, -0.1) is 0 Å². The molecule has 3 rings (SSSR count). The zero-order valence-electron chi connectivity index (χ0n) is 14.8. The number of benzene rings is 2. The molecule has 1 unspecified atom stereocenters. The highest BCUT2D eigenvalue weighted by atomic mass is 16.5. The Kier molecular flexibility index (Phi) is 5.71. The van der Waals surface area contributed by atoms with Gasteiger partial charge in [0.25, 0.3) is 5.91 Å². The van der Waals surface area contributed by atoms with Gasteiger partial charge in [0.15, 0.2) is 0 Å². The van der Waals surface area contributed by atoms with Crippen LogP contribution >= 0.6 is 0 Å². The highest BCUT2D eigenvalue weighted by Gasteiger charge is 2.16. The van der Waals surface area contributed by atoms with Crippen LogP contribution in [0.25, 0.3) is 0 Å². The van der Waals surface area contributed by atoms with E-state index in [0.717, 1.165) is 25.1 Å². The molecule has 1 atom stereocenters. The quantitative estimate of drug-likeness (QED) is 0.835. The van der Waals surface area contributed by atoms with Gasteiger partial charge in [-0.1, -0.05) is 32.0 Å². The Hall–Kier alpha value is -2.33. The highest BCUT2D eigenvalue weighted by molar-refractivity contribution is 6.04. The number of hydrogen-bond acceptors (Lipinski definition) is 3. The van der Waals surface area contributed by atoms with E-state index in [-0.39, 0.29) is 12.0 Å². The molecular formula is C21H25NO3. The highest BCUT2D eigenvalue weighted by Crippen LogP contribution is 2.20. The van der Waals surface area contributed by atoms with Gasteiger partial charge in [-0.2, -0.15) is 0 Å². The molecule has 1 aliphatic rings. The third-order valence-electron chi connectivity index (χ3n) is 4.39. The van der Waals surface area contributed by atoms with Crippen molar-refractivity contribution >= 4 is 11.6 Å². The fourth-order valence-electron chi connectivity index (χ4n) is 2.85. The molecule has 1 amide bonds. The van der Waals surface area contributed by atoms with Crippen molar-refractivity contribution in [2.45, 2.75) is 38.7 Å².